The lowest BCUT2D eigenvalue weighted by Gasteiger charge is -2.12. The van der Waals surface area contributed by atoms with Crippen LogP contribution >= 0.6 is 0 Å². The predicted molar refractivity (Wildman–Crippen MR) is 63.9 cm³/mol. The number of aliphatic hydroxyl groups excluding tert-OH is 2. The minimum absolute atomic E-state index is 0.164. The predicted octanol–water partition coefficient (Wildman–Crippen LogP) is 1.68. The van der Waals surface area contributed by atoms with Gasteiger partial charge in [-0.05, 0) is 38.8 Å². The molecule has 0 rings (SSSR count). The van der Waals surface area contributed by atoms with Crippen LogP contribution in [0.1, 0.15) is 52.4 Å². The van der Waals surface area contributed by atoms with Crippen LogP contribution in [-0.4, -0.2) is 35.5 Å². The van der Waals surface area contributed by atoms with Crippen molar-refractivity contribution < 1.29 is 10.2 Å². The maximum Gasteiger partial charge on any atom is 0.0552 e. The molecule has 0 aromatic rings. The van der Waals surface area contributed by atoms with Crippen LogP contribution in [0.2, 0.25) is 0 Å². The van der Waals surface area contributed by atoms with Gasteiger partial charge in [0.05, 0.1) is 12.2 Å². The van der Waals surface area contributed by atoms with E-state index in [4.69, 9.17) is 0 Å². The second kappa shape index (κ2) is 10.4. The fourth-order valence-electron chi connectivity index (χ4n) is 1.62. The third-order valence-electron chi connectivity index (χ3n) is 2.55. The van der Waals surface area contributed by atoms with Crippen molar-refractivity contribution in [3.05, 3.63) is 0 Å². The lowest BCUT2D eigenvalue weighted by molar-refractivity contribution is 0.145. The summed E-state index contributed by atoms with van der Waals surface area (Å²) in [5.74, 6) is 0. The van der Waals surface area contributed by atoms with Crippen molar-refractivity contribution in [2.24, 2.45) is 0 Å². The van der Waals surface area contributed by atoms with Crippen molar-refractivity contribution in [2.75, 3.05) is 13.1 Å². The molecule has 0 aromatic carbocycles. The van der Waals surface area contributed by atoms with E-state index in [-0.39, 0.29) is 12.2 Å². The number of hydrogen-bond acceptors (Lipinski definition) is 3. The lowest BCUT2D eigenvalue weighted by atomic mass is 10.1. The van der Waals surface area contributed by atoms with E-state index >= 15 is 0 Å². The first-order chi connectivity index (χ1) is 7.20. The van der Waals surface area contributed by atoms with Crippen molar-refractivity contribution in [1.29, 1.82) is 0 Å². The highest BCUT2D eigenvalue weighted by atomic mass is 16.3. The summed E-state index contributed by atoms with van der Waals surface area (Å²) in [6.45, 7) is 5.86. The second-order valence-electron chi connectivity index (χ2n) is 4.21. The van der Waals surface area contributed by atoms with Crippen LogP contribution in [0.3, 0.4) is 0 Å². The molecular weight excluding hydrogens is 190 g/mol. The molecule has 0 bridgehead atoms. The van der Waals surface area contributed by atoms with Gasteiger partial charge in [-0.3, -0.25) is 0 Å². The Balaban J connectivity index is 3.17. The zero-order chi connectivity index (χ0) is 11.5. The van der Waals surface area contributed by atoms with E-state index in [1.165, 1.54) is 0 Å². The van der Waals surface area contributed by atoms with E-state index in [1.54, 1.807) is 0 Å². The van der Waals surface area contributed by atoms with Gasteiger partial charge in [0, 0.05) is 0 Å². The highest BCUT2D eigenvalue weighted by molar-refractivity contribution is 4.60. The molecule has 2 unspecified atom stereocenters. The van der Waals surface area contributed by atoms with Crippen LogP contribution in [0.5, 0.6) is 0 Å². The van der Waals surface area contributed by atoms with E-state index in [2.05, 4.69) is 19.2 Å². The summed E-state index contributed by atoms with van der Waals surface area (Å²) in [5, 5.41) is 22.1. The maximum atomic E-state index is 9.45. The molecule has 0 aliphatic carbocycles. The largest absolute Gasteiger partial charge is 0.393 e. The summed E-state index contributed by atoms with van der Waals surface area (Å²) in [5.41, 5.74) is 0. The summed E-state index contributed by atoms with van der Waals surface area (Å²) in [7, 11) is 0. The Kier molecular flexibility index (Phi) is 10.3. The average Bonchev–Trinajstić information content (AvgIpc) is 2.18. The van der Waals surface area contributed by atoms with Gasteiger partial charge in [-0.1, -0.05) is 26.7 Å². The molecule has 15 heavy (non-hydrogen) atoms. The van der Waals surface area contributed by atoms with Gasteiger partial charge in [0.1, 0.15) is 0 Å². The van der Waals surface area contributed by atoms with Crippen molar-refractivity contribution in [1.82, 2.24) is 5.32 Å². The SMILES string of the molecule is CCCC(O)CCNCCC(O)CCC. The summed E-state index contributed by atoms with van der Waals surface area (Å²) in [4.78, 5) is 0. The second-order valence-corrected chi connectivity index (χ2v) is 4.21. The highest BCUT2D eigenvalue weighted by Crippen LogP contribution is 2.01. The Morgan fingerprint density at radius 1 is 0.800 bits per heavy atom. The van der Waals surface area contributed by atoms with Crippen LogP contribution in [0.4, 0.5) is 0 Å². The van der Waals surface area contributed by atoms with Crippen molar-refractivity contribution in [3.63, 3.8) is 0 Å². The van der Waals surface area contributed by atoms with Crippen LogP contribution in [0.25, 0.3) is 0 Å². The van der Waals surface area contributed by atoms with E-state index < -0.39 is 0 Å². The van der Waals surface area contributed by atoms with Gasteiger partial charge in [0.2, 0.25) is 0 Å². The summed E-state index contributed by atoms with van der Waals surface area (Å²) < 4.78 is 0. The number of hydrogen-bond donors (Lipinski definition) is 3. The van der Waals surface area contributed by atoms with Crippen LogP contribution in [-0.2, 0) is 0 Å². The zero-order valence-electron chi connectivity index (χ0n) is 10.2. The minimum atomic E-state index is -0.164. The minimum Gasteiger partial charge on any atom is -0.393 e. The Hall–Kier alpha value is -0.120. The van der Waals surface area contributed by atoms with Gasteiger partial charge >= 0.3 is 0 Å². The molecule has 0 saturated heterocycles. The first kappa shape index (κ1) is 14.9. The smallest absolute Gasteiger partial charge is 0.0552 e. The molecule has 92 valence electrons. The van der Waals surface area contributed by atoms with Crippen LogP contribution < -0.4 is 5.32 Å². The average molecular weight is 217 g/mol. The van der Waals surface area contributed by atoms with Gasteiger partial charge in [0.25, 0.3) is 0 Å². The van der Waals surface area contributed by atoms with E-state index in [1.807, 2.05) is 0 Å². The molecule has 0 spiro atoms. The number of nitrogens with one attached hydrogen (secondary N) is 1. The lowest BCUT2D eigenvalue weighted by Crippen LogP contribution is -2.24. The normalized spacial score (nSPS) is 15.2. The molecular formula is C12H27NO2. The van der Waals surface area contributed by atoms with Gasteiger partial charge in [-0.2, -0.15) is 0 Å². The first-order valence-corrected chi connectivity index (χ1v) is 6.27. The standard InChI is InChI=1S/C12H27NO2/c1-3-5-11(14)7-9-13-10-8-12(15)6-4-2/h11-15H,3-10H2,1-2H3. The molecule has 3 N–H and O–H groups in total. The van der Waals surface area contributed by atoms with Crippen LogP contribution in [0, 0.1) is 0 Å². The maximum absolute atomic E-state index is 9.45. The molecule has 2 atom stereocenters. The van der Waals surface area contributed by atoms with E-state index in [0.717, 1.165) is 51.6 Å². The van der Waals surface area contributed by atoms with Crippen molar-refractivity contribution in [2.45, 2.75) is 64.6 Å². The Bertz CT molecular complexity index is 117. The van der Waals surface area contributed by atoms with Crippen LogP contribution in [0.15, 0.2) is 0 Å². The summed E-state index contributed by atoms with van der Waals surface area (Å²) >= 11 is 0. The number of rotatable bonds is 10. The molecule has 0 amide bonds. The van der Waals surface area contributed by atoms with Gasteiger partial charge < -0.3 is 15.5 Å². The Labute approximate surface area is 93.9 Å². The Morgan fingerprint density at radius 3 is 1.53 bits per heavy atom. The monoisotopic (exact) mass is 217 g/mol. The van der Waals surface area contributed by atoms with Gasteiger partial charge in [-0.25, -0.2) is 0 Å². The third-order valence-corrected chi connectivity index (χ3v) is 2.55. The van der Waals surface area contributed by atoms with Crippen molar-refractivity contribution >= 4 is 0 Å². The number of aliphatic hydroxyl groups is 2. The zero-order valence-corrected chi connectivity index (χ0v) is 10.2. The summed E-state index contributed by atoms with van der Waals surface area (Å²) in [6, 6.07) is 0. The first-order valence-electron chi connectivity index (χ1n) is 6.27. The molecule has 0 heterocycles. The molecule has 3 nitrogen and oxygen atoms in total. The molecule has 0 fully saturated rings. The topological polar surface area (TPSA) is 52.5 Å². The molecule has 0 aliphatic heterocycles. The Morgan fingerprint density at radius 2 is 1.20 bits per heavy atom. The highest BCUT2D eigenvalue weighted by Gasteiger charge is 2.03. The molecule has 0 radical (unpaired) electrons. The molecule has 0 aromatic heterocycles. The summed E-state index contributed by atoms with van der Waals surface area (Å²) in [6.07, 6.45) is 5.16. The molecule has 3 heteroatoms. The third kappa shape index (κ3) is 10.2. The van der Waals surface area contributed by atoms with Gasteiger partial charge in [-0.15, -0.1) is 0 Å². The fourth-order valence-corrected chi connectivity index (χ4v) is 1.62. The molecule has 0 saturated carbocycles. The van der Waals surface area contributed by atoms with Gasteiger partial charge in [0.15, 0.2) is 0 Å². The van der Waals surface area contributed by atoms with E-state index in [0.29, 0.717) is 0 Å². The van der Waals surface area contributed by atoms with E-state index in [9.17, 15) is 10.2 Å². The fraction of sp³-hybridized carbons (Fsp3) is 1.00. The van der Waals surface area contributed by atoms with Crippen molar-refractivity contribution in [3.8, 4) is 0 Å². The molecule has 0 aliphatic rings. The quantitative estimate of drug-likeness (QED) is 0.488.